The molecule has 2 N–H and O–H groups in total. The van der Waals surface area contributed by atoms with Gasteiger partial charge in [-0.05, 0) is 50.1 Å². The number of nitrogens with one attached hydrogen (secondary N) is 2. The first-order valence-corrected chi connectivity index (χ1v) is 13.7. The molecule has 1 aromatic heterocycles. The summed E-state index contributed by atoms with van der Waals surface area (Å²) in [6.07, 6.45) is 1.87. The maximum atomic E-state index is 13.8. The number of fused-ring (bicyclic) bond motifs is 1. The van der Waals surface area contributed by atoms with Gasteiger partial charge in [-0.15, -0.1) is 5.10 Å². The Balaban J connectivity index is 1.83. The molecule has 3 aromatic rings. The number of carbonyl (C=O) groups is 1. The lowest BCUT2D eigenvalue weighted by molar-refractivity contribution is -0.113. The van der Waals surface area contributed by atoms with Gasteiger partial charge in [-0.2, -0.15) is 4.98 Å². The van der Waals surface area contributed by atoms with Crippen molar-refractivity contribution in [3.05, 3.63) is 63.8 Å². The third-order valence-electron chi connectivity index (χ3n) is 5.60. The van der Waals surface area contributed by atoms with E-state index in [1.807, 2.05) is 49.4 Å². The first-order valence-electron chi connectivity index (χ1n) is 11.9. The van der Waals surface area contributed by atoms with E-state index in [4.69, 9.17) is 19.6 Å². The van der Waals surface area contributed by atoms with E-state index in [-0.39, 0.29) is 5.91 Å². The Hall–Kier alpha value is -2.98. The third-order valence-corrected chi connectivity index (χ3v) is 7.13. The summed E-state index contributed by atoms with van der Waals surface area (Å²) in [7, 11) is 1.58. The van der Waals surface area contributed by atoms with Crippen molar-refractivity contribution < 1.29 is 14.3 Å². The van der Waals surface area contributed by atoms with Crippen LogP contribution in [0.15, 0.2) is 63.4 Å². The number of benzene rings is 2. The molecule has 8 nitrogen and oxygen atoms in total. The topological polar surface area (TPSA) is 90.3 Å². The summed E-state index contributed by atoms with van der Waals surface area (Å²) in [6, 6.07) is 12.6. The molecule has 10 heteroatoms. The summed E-state index contributed by atoms with van der Waals surface area (Å²) < 4.78 is 14.2. The Bertz CT molecular complexity index is 1280. The van der Waals surface area contributed by atoms with E-state index >= 15 is 0 Å². The van der Waals surface area contributed by atoms with Gasteiger partial charge in [0.1, 0.15) is 17.5 Å². The molecule has 0 aliphatic carbocycles. The summed E-state index contributed by atoms with van der Waals surface area (Å²) in [5.41, 5.74) is 2.62. The zero-order chi connectivity index (χ0) is 25.7. The van der Waals surface area contributed by atoms with Crippen LogP contribution in [-0.2, 0) is 4.79 Å². The summed E-state index contributed by atoms with van der Waals surface area (Å²) in [5, 5.41) is 11.8. The largest absolute Gasteiger partial charge is 0.495 e. The Morgan fingerprint density at radius 3 is 2.75 bits per heavy atom. The van der Waals surface area contributed by atoms with Gasteiger partial charge >= 0.3 is 0 Å². The highest BCUT2D eigenvalue weighted by Gasteiger charge is 2.36. The maximum Gasteiger partial charge on any atom is 0.255 e. The Morgan fingerprint density at radius 2 is 2.00 bits per heavy atom. The summed E-state index contributed by atoms with van der Waals surface area (Å²) in [6.45, 7) is 6.62. The molecule has 0 saturated heterocycles. The van der Waals surface area contributed by atoms with Crippen LogP contribution in [0.4, 0.5) is 11.6 Å². The molecule has 1 aliphatic heterocycles. The van der Waals surface area contributed by atoms with Crippen molar-refractivity contribution in [3.63, 3.8) is 0 Å². The molecule has 1 atom stereocenters. The Morgan fingerprint density at radius 1 is 1.19 bits per heavy atom. The molecule has 0 radical (unpaired) electrons. The van der Waals surface area contributed by atoms with Gasteiger partial charge in [0.05, 0.1) is 25.0 Å². The smallest absolute Gasteiger partial charge is 0.255 e. The van der Waals surface area contributed by atoms with Gasteiger partial charge in [-0.3, -0.25) is 4.79 Å². The Kier molecular flexibility index (Phi) is 8.58. The number of para-hydroxylation sites is 2. The molecule has 190 valence electrons. The first-order chi connectivity index (χ1) is 17.5. The summed E-state index contributed by atoms with van der Waals surface area (Å²) >= 11 is 5.19. The van der Waals surface area contributed by atoms with Gasteiger partial charge in [-0.25, -0.2) is 4.68 Å². The van der Waals surface area contributed by atoms with Gasteiger partial charge in [0.15, 0.2) is 0 Å². The zero-order valence-corrected chi connectivity index (χ0v) is 23.2. The normalized spacial score (nSPS) is 14.8. The highest BCUT2D eigenvalue weighted by atomic mass is 79.9. The van der Waals surface area contributed by atoms with Crippen LogP contribution in [0, 0.1) is 0 Å². The van der Waals surface area contributed by atoms with Crippen LogP contribution in [0.2, 0.25) is 0 Å². The number of amides is 1. The van der Waals surface area contributed by atoms with E-state index < -0.39 is 6.04 Å². The number of halogens is 1. The molecule has 2 aromatic carbocycles. The second-order valence-corrected chi connectivity index (χ2v) is 10.2. The average Bonchev–Trinajstić information content (AvgIpc) is 3.28. The monoisotopic (exact) mass is 571 g/mol. The number of hydrogen-bond donors (Lipinski definition) is 2. The van der Waals surface area contributed by atoms with Crippen molar-refractivity contribution in [2.24, 2.45) is 0 Å². The Labute approximate surface area is 224 Å². The van der Waals surface area contributed by atoms with Crippen molar-refractivity contribution in [3.8, 4) is 11.5 Å². The molecule has 1 aliphatic rings. The highest BCUT2D eigenvalue weighted by molar-refractivity contribution is 9.10. The van der Waals surface area contributed by atoms with Crippen molar-refractivity contribution in [1.29, 1.82) is 0 Å². The molecule has 1 amide bonds. The number of allylic oxidation sites excluding steroid dienone is 1. The van der Waals surface area contributed by atoms with Crippen LogP contribution < -0.4 is 20.1 Å². The maximum absolute atomic E-state index is 13.8. The highest BCUT2D eigenvalue weighted by Crippen LogP contribution is 2.41. The van der Waals surface area contributed by atoms with Crippen LogP contribution in [0.25, 0.3) is 0 Å². The number of thioether (sulfide) groups is 1. The van der Waals surface area contributed by atoms with Crippen LogP contribution in [0.5, 0.6) is 11.5 Å². The van der Waals surface area contributed by atoms with E-state index in [1.165, 1.54) is 0 Å². The van der Waals surface area contributed by atoms with Crippen LogP contribution in [0.1, 0.15) is 45.2 Å². The van der Waals surface area contributed by atoms with E-state index in [0.717, 1.165) is 28.6 Å². The number of ether oxygens (including phenoxy) is 2. The standard InChI is InChI=1S/C26H30BrN5O3S/c1-5-13-35-20-12-11-17(27)15-18(20)23-22(24(33)29-19-9-7-8-10-21(19)34-4)16(3)28-25-30-26(31-32(23)25)36-14-6-2/h7-12,15,23H,5-6,13-14H2,1-4H3,(H,29,33)(H,28,30,31). The van der Waals surface area contributed by atoms with Crippen molar-refractivity contribution in [2.45, 2.75) is 44.8 Å². The molecule has 4 rings (SSSR count). The fourth-order valence-corrected chi connectivity index (χ4v) is 5.04. The molecular weight excluding hydrogens is 542 g/mol. The van der Waals surface area contributed by atoms with Crippen molar-refractivity contribution >= 4 is 45.2 Å². The number of nitrogens with zero attached hydrogens (tertiary/aromatic N) is 3. The SMILES string of the molecule is CCCOc1ccc(Br)cc1C1C(C(=O)Nc2ccccc2OC)=C(C)Nc2nc(SCCC)nn21. The lowest BCUT2D eigenvalue weighted by atomic mass is 9.94. The van der Waals surface area contributed by atoms with Gasteiger partial charge in [0.2, 0.25) is 11.1 Å². The second-order valence-electron chi connectivity index (χ2n) is 8.26. The lowest BCUT2D eigenvalue weighted by Gasteiger charge is -2.30. The molecule has 0 saturated carbocycles. The number of aromatic nitrogens is 3. The minimum Gasteiger partial charge on any atom is -0.495 e. The zero-order valence-electron chi connectivity index (χ0n) is 20.8. The molecule has 2 heterocycles. The number of hydrogen-bond acceptors (Lipinski definition) is 7. The number of rotatable bonds is 10. The van der Waals surface area contributed by atoms with E-state index in [1.54, 1.807) is 23.6 Å². The van der Waals surface area contributed by atoms with Crippen LogP contribution >= 0.6 is 27.7 Å². The number of carbonyl (C=O) groups excluding carboxylic acids is 1. The van der Waals surface area contributed by atoms with E-state index in [2.05, 4.69) is 40.4 Å². The van der Waals surface area contributed by atoms with Gasteiger partial charge in [0.25, 0.3) is 5.91 Å². The molecule has 36 heavy (non-hydrogen) atoms. The van der Waals surface area contributed by atoms with Gasteiger partial charge in [0, 0.05) is 21.5 Å². The van der Waals surface area contributed by atoms with Crippen molar-refractivity contribution in [1.82, 2.24) is 14.8 Å². The lowest BCUT2D eigenvalue weighted by Crippen LogP contribution is -2.32. The van der Waals surface area contributed by atoms with E-state index in [0.29, 0.717) is 46.2 Å². The first kappa shape index (κ1) is 26.1. The van der Waals surface area contributed by atoms with Crippen LogP contribution in [0.3, 0.4) is 0 Å². The predicted molar refractivity (Wildman–Crippen MR) is 147 cm³/mol. The fourth-order valence-electron chi connectivity index (χ4n) is 3.98. The summed E-state index contributed by atoms with van der Waals surface area (Å²) in [4.78, 5) is 18.5. The minimum atomic E-state index is -0.552. The van der Waals surface area contributed by atoms with Crippen molar-refractivity contribution in [2.75, 3.05) is 30.1 Å². The molecule has 1 unspecified atom stereocenters. The summed E-state index contributed by atoms with van der Waals surface area (Å²) in [5.74, 6) is 2.51. The number of anilines is 2. The second kappa shape index (κ2) is 11.8. The number of methoxy groups -OCH3 is 1. The molecule has 0 spiro atoms. The quantitative estimate of drug-likeness (QED) is 0.277. The molecular formula is C26H30BrN5O3S. The van der Waals surface area contributed by atoms with Crippen LogP contribution in [-0.4, -0.2) is 40.1 Å². The predicted octanol–water partition coefficient (Wildman–Crippen LogP) is 6.27. The van der Waals surface area contributed by atoms with E-state index in [9.17, 15) is 4.79 Å². The molecule has 0 fully saturated rings. The van der Waals surface area contributed by atoms with Gasteiger partial charge < -0.3 is 20.1 Å². The fraction of sp³-hybridized carbons (Fsp3) is 0.346. The minimum absolute atomic E-state index is 0.264. The average molecular weight is 573 g/mol. The van der Waals surface area contributed by atoms with Gasteiger partial charge in [-0.1, -0.05) is 53.7 Å². The molecule has 0 bridgehead atoms. The third kappa shape index (κ3) is 5.54.